The minimum atomic E-state index is -0.137. The lowest BCUT2D eigenvalue weighted by Gasteiger charge is -2.24. The molecule has 136 valence electrons. The Labute approximate surface area is 149 Å². The molecule has 1 fully saturated rings. The van der Waals surface area contributed by atoms with Crippen LogP contribution in [0.4, 0.5) is 11.4 Å². The third-order valence-electron chi connectivity index (χ3n) is 4.49. The second kappa shape index (κ2) is 9.20. The fourth-order valence-corrected chi connectivity index (χ4v) is 3.20. The summed E-state index contributed by atoms with van der Waals surface area (Å²) in [5.74, 6) is 0.00136. The largest absolute Gasteiger partial charge is 0.354 e. The Kier molecular flexibility index (Phi) is 6.98. The lowest BCUT2D eigenvalue weighted by atomic mass is 9.89. The van der Waals surface area contributed by atoms with E-state index in [1.54, 1.807) is 29.2 Å². The SMILES string of the molecule is CC(=O)Nc1ccc(N(CCNC(=O)C2CCCCC2)C(C)=O)cc1. The molecule has 0 unspecified atom stereocenters. The smallest absolute Gasteiger partial charge is 0.223 e. The fourth-order valence-electron chi connectivity index (χ4n) is 3.20. The van der Waals surface area contributed by atoms with Gasteiger partial charge in [-0.05, 0) is 37.1 Å². The molecule has 0 aromatic heterocycles. The van der Waals surface area contributed by atoms with Crippen molar-refractivity contribution in [2.45, 2.75) is 46.0 Å². The van der Waals surface area contributed by atoms with Crippen LogP contribution in [-0.2, 0) is 14.4 Å². The molecule has 3 amide bonds. The Morgan fingerprint density at radius 2 is 1.68 bits per heavy atom. The third-order valence-corrected chi connectivity index (χ3v) is 4.49. The molecule has 0 aliphatic heterocycles. The Bertz CT molecular complexity index is 607. The van der Waals surface area contributed by atoms with Crippen molar-refractivity contribution in [1.29, 1.82) is 0 Å². The highest BCUT2D eigenvalue weighted by atomic mass is 16.2. The highest BCUT2D eigenvalue weighted by Crippen LogP contribution is 2.23. The van der Waals surface area contributed by atoms with E-state index in [0.717, 1.165) is 31.4 Å². The number of carbonyl (C=O) groups excluding carboxylic acids is 3. The van der Waals surface area contributed by atoms with E-state index in [9.17, 15) is 14.4 Å². The fraction of sp³-hybridized carbons (Fsp3) is 0.526. The van der Waals surface area contributed by atoms with Crippen LogP contribution in [0, 0.1) is 5.92 Å². The van der Waals surface area contributed by atoms with Crippen LogP contribution >= 0.6 is 0 Å². The Hall–Kier alpha value is -2.37. The molecular weight excluding hydrogens is 318 g/mol. The van der Waals surface area contributed by atoms with Gasteiger partial charge in [-0.25, -0.2) is 0 Å². The molecule has 2 rings (SSSR count). The van der Waals surface area contributed by atoms with E-state index < -0.39 is 0 Å². The zero-order valence-electron chi connectivity index (χ0n) is 15.0. The van der Waals surface area contributed by atoms with Crippen LogP contribution in [0.2, 0.25) is 0 Å². The first-order valence-corrected chi connectivity index (χ1v) is 8.91. The standard InChI is InChI=1S/C19H27N3O3/c1-14(23)21-17-8-10-18(11-9-17)22(15(2)24)13-12-20-19(25)16-6-4-3-5-7-16/h8-11,16H,3-7,12-13H2,1-2H3,(H,20,25)(H,21,23). The van der Waals surface area contributed by atoms with Gasteiger partial charge in [0.1, 0.15) is 0 Å². The van der Waals surface area contributed by atoms with Gasteiger partial charge in [0.05, 0.1) is 0 Å². The molecule has 2 N–H and O–H groups in total. The summed E-state index contributed by atoms with van der Waals surface area (Å²) < 4.78 is 0. The summed E-state index contributed by atoms with van der Waals surface area (Å²) in [7, 11) is 0. The molecule has 1 aromatic rings. The number of nitrogens with zero attached hydrogens (tertiary/aromatic N) is 1. The first kappa shape index (κ1) is 19.0. The molecule has 0 saturated heterocycles. The van der Waals surface area contributed by atoms with Crippen LogP contribution in [0.25, 0.3) is 0 Å². The van der Waals surface area contributed by atoms with Gasteiger partial charge in [-0.3, -0.25) is 14.4 Å². The van der Waals surface area contributed by atoms with Crippen LogP contribution < -0.4 is 15.5 Å². The molecule has 0 heterocycles. The van der Waals surface area contributed by atoms with Gasteiger partial charge in [-0.15, -0.1) is 0 Å². The summed E-state index contributed by atoms with van der Waals surface area (Å²) in [4.78, 5) is 36.8. The number of hydrogen-bond acceptors (Lipinski definition) is 3. The van der Waals surface area contributed by atoms with Gasteiger partial charge in [0.15, 0.2) is 0 Å². The monoisotopic (exact) mass is 345 g/mol. The molecule has 0 bridgehead atoms. The minimum absolute atomic E-state index is 0.0841. The van der Waals surface area contributed by atoms with E-state index in [2.05, 4.69) is 10.6 Å². The first-order chi connectivity index (χ1) is 12.0. The number of nitrogens with one attached hydrogen (secondary N) is 2. The van der Waals surface area contributed by atoms with Crippen LogP contribution in [0.5, 0.6) is 0 Å². The van der Waals surface area contributed by atoms with E-state index in [1.165, 1.54) is 20.3 Å². The Morgan fingerprint density at radius 1 is 1.04 bits per heavy atom. The lowest BCUT2D eigenvalue weighted by Crippen LogP contribution is -2.40. The van der Waals surface area contributed by atoms with Gasteiger partial charge < -0.3 is 15.5 Å². The normalized spacial score (nSPS) is 14.6. The van der Waals surface area contributed by atoms with Crippen molar-refractivity contribution < 1.29 is 14.4 Å². The van der Waals surface area contributed by atoms with Crippen molar-refractivity contribution in [1.82, 2.24) is 5.32 Å². The van der Waals surface area contributed by atoms with Crippen LogP contribution in [-0.4, -0.2) is 30.8 Å². The number of benzene rings is 1. The predicted octanol–water partition coefficient (Wildman–Crippen LogP) is 2.69. The topological polar surface area (TPSA) is 78.5 Å². The second-order valence-electron chi connectivity index (χ2n) is 6.52. The number of hydrogen-bond donors (Lipinski definition) is 2. The first-order valence-electron chi connectivity index (χ1n) is 8.91. The van der Waals surface area contributed by atoms with Gasteiger partial charge in [0, 0.05) is 44.2 Å². The maximum Gasteiger partial charge on any atom is 0.223 e. The average Bonchev–Trinajstić information content (AvgIpc) is 2.59. The van der Waals surface area contributed by atoms with Crippen molar-refractivity contribution in [2.24, 2.45) is 5.92 Å². The van der Waals surface area contributed by atoms with Crippen molar-refractivity contribution in [3.63, 3.8) is 0 Å². The van der Waals surface area contributed by atoms with Crippen LogP contribution in [0.3, 0.4) is 0 Å². The summed E-state index contributed by atoms with van der Waals surface area (Å²) >= 11 is 0. The summed E-state index contributed by atoms with van der Waals surface area (Å²) in [5.41, 5.74) is 1.43. The van der Waals surface area contributed by atoms with E-state index in [-0.39, 0.29) is 23.6 Å². The molecule has 0 atom stereocenters. The maximum atomic E-state index is 12.2. The lowest BCUT2D eigenvalue weighted by molar-refractivity contribution is -0.126. The van der Waals surface area contributed by atoms with Crippen molar-refractivity contribution in [2.75, 3.05) is 23.3 Å². The van der Waals surface area contributed by atoms with Gasteiger partial charge in [-0.1, -0.05) is 19.3 Å². The summed E-state index contributed by atoms with van der Waals surface area (Å²) in [6.45, 7) is 3.81. The summed E-state index contributed by atoms with van der Waals surface area (Å²) in [5, 5.41) is 5.65. The average molecular weight is 345 g/mol. The second-order valence-corrected chi connectivity index (χ2v) is 6.52. The number of anilines is 2. The number of rotatable bonds is 6. The quantitative estimate of drug-likeness (QED) is 0.832. The maximum absolute atomic E-state index is 12.2. The minimum Gasteiger partial charge on any atom is -0.354 e. The molecule has 1 aromatic carbocycles. The molecule has 0 spiro atoms. The van der Waals surface area contributed by atoms with E-state index in [4.69, 9.17) is 0 Å². The van der Waals surface area contributed by atoms with E-state index in [1.807, 2.05) is 0 Å². The van der Waals surface area contributed by atoms with Gasteiger partial charge in [0.2, 0.25) is 17.7 Å². The third kappa shape index (κ3) is 5.89. The highest BCUT2D eigenvalue weighted by molar-refractivity contribution is 5.93. The van der Waals surface area contributed by atoms with E-state index >= 15 is 0 Å². The Morgan fingerprint density at radius 3 is 2.24 bits per heavy atom. The van der Waals surface area contributed by atoms with Gasteiger partial charge in [0.25, 0.3) is 0 Å². The molecule has 6 nitrogen and oxygen atoms in total. The summed E-state index contributed by atoms with van der Waals surface area (Å²) in [6, 6.07) is 7.09. The zero-order valence-corrected chi connectivity index (χ0v) is 15.0. The van der Waals surface area contributed by atoms with E-state index in [0.29, 0.717) is 18.8 Å². The Balaban J connectivity index is 1.88. The van der Waals surface area contributed by atoms with Crippen LogP contribution in [0.1, 0.15) is 46.0 Å². The predicted molar refractivity (Wildman–Crippen MR) is 98.4 cm³/mol. The van der Waals surface area contributed by atoms with Crippen molar-refractivity contribution >= 4 is 29.1 Å². The molecule has 6 heteroatoms. The van der Waals surface area contributed by atoms with Crippen molar-refractivity contribution in [3.8, 4) is 0 Å². The molecule has 1 aliphatic rings. The van der Waals surface area contributed by atoms with Crippen LogP contribution in [0.15, 0.2) is 24.3 Å². The molecular formula is C19H27N3O3. The number of carbonyl (C=O) groups is 3. The molecule has 25 heavy (non-hydrogen) atoms. The van der Waals surface area contributed by atoms with Gasteiger partial charge in [-0.2, -0.15) is 0 Å². The van der Waals surface area contributed by atoms with Crippen molar-refractivity contribution in [3.05, 3.63) is 24.3 Å². The van der Waals surface area contributed by atoms with Gasteiger partial charge >= 0.3 is 0 Å². The summed E-state index contributed by atoms with van der Waals surface area (Å²) in [6.07, 6.45) is 5.40. The zero-order chi connectivity index (χ0) is 18.2. The number of amides is 3. The molecule has 1 saturated carbocycles. The molecule has 1 aliphatic carbocycles. The highest BCUT2D eigenvalue weighted by Gasteiger charge is 2.21. The molecule has 0 radical (unpaired) electrons.